The lowest BCUT2D eigenvalue weighted by Crippen LogP contribution is -2.55. The molecule has 4 aliphatic carbocycles. The Morgan fingerprint density at radius 1 is 0.828 bits per heavy atom. The summed E-state index contributed by atoms with van der Waals surface area (Å²) >= 11 is 0. The Hall–Kier alpha value is -2.30. The van der Waals surface area contributed by atoms with Gasteiger partial charge >= 0.3 is 12.1 Å². The Morgan fingerprint density at radius 2 is 1.34 bits per heavy atom. The average Bonchev–Trinajstić information content (AvgIpc) is 2.67. The molecule has 0 aliphatic heterocycles. The normalized spacial score (nSPS) is 32.9. The van der Waals surface area contributed by atoms with Crippen LogP contribution in [0.4, 0.5) is 18.9 Å². The fourth-order valence-electron chi connectivity index (χ4n) is 6.84. The second-order valence-corrected chi connectivity index (χ2v) is 9.42. The van der Waals surface area contributed by atoms with Gasteiger partial charge in [-0.1, -0.05) is 42.5 Å². The van der Waals surface area contributed by atoms with Gasteiger partial charge in [-0.25, -0.2) is 0 Å². The number of halogens is 3. The highest BCUT2D eigenvalue weighted by Crippen LogP contribution is 2.66. The van der Waals surface area contributed by atoms with Crippen LogP contribution in [0.5, 0.6) is 0 Å². The molecule has 0 saturated heterocycles. The Kier molecular flexibility index (Phi) is 4.10. The van der Waals surface area contributed by atoms with Gasteiger partial charge in [0.1, 0.15) is 0 Å². The Labute approximate surface area is 168 Å². The van der Waals surface area contributed by atoms with Crippen molar-refractivity contribution in [3.63, 3.8) is 0 Å². The van der Waals surface area contributed by atoms with E-state index < -0.39 is 12.1 Å². The van der Waals surface area contributed by atoms with E-state index >= 15 is 0 Å². The maximum atomic E-state index is 12.5. The first-order valence-corrected chi connectivity index (χ1v) is 10.3. The average molecular weight is 399 g/mol. The molecule has 4 fully saturated rings. The van der Waals surface area contributed by atoms with Crippen LogP contribution in [-0.2, 0) is 15.6 Å². The molecule has 4 saturated carbocycles. The van der Waals surface area contributed by atoms with Crippen molar-refractivity contribution in [2.24, 2.45) is 11.8 Å². The molecule has 0 spiro atoms. The van der Waals surface area contributed by atoms with Crippen molar-refractivity contribution in [1.82, 2.24) is 0 Å². The number of benzene rings is 2. The van der Waals surface area contributed by atoms with Crippen LogP contribution in [0.25, 0.3) is 0 Å². The zero-order chi connectivity index (χ0) is 20.3. The van der Waals surface area contributed by atoms with Crippen LogP contribution in [0.2, 0.25) is 0 Å². The molecule has 2 atom stereocenters. The van der Waals surface area contributed by atoms with Crippen LogP contribution >= 0.6 is 0 Å². The Bertz CT molecular complexity index is 905. The molecule has 0 aromatic heterocycles. The molecule has 5 heteroatoms. The molecule has 1 amide bonds. The lowest BCUT2D eigenvalue weighted by atomic mass is 9.42. The maximum absolute atomic E-state index is 12.5. The minimum absolute atomic E-state index is 0.0898. The molecule has 2 unspecified atom stereocenters. The van der Waals surface area contributed by atoms with Gasteiger partial charge in [-0.05, 0) is 84.5 Å². The summed E-state index contributed by atoms with van der Waals surface area (Å²) in [5, 5.41) is 1.95. The van der Waals surface area contributed by atoms with E-state index in [2.05, 4.69) is 30.3 Å². The van der Waals surface area contributed by atoms with Crippen molar-refractivity contribution in [2.45, 2.75) is 55.5 Å². The first kappa shape index (κ1) is 18.7. The van der Waals surface area contributed by atoms with E-state index in [0.717, 1.165) is 19.3 Å². The van der Waals surface area contributed by atoms with Gasteiger partial charge in [-0.2, -0.15) is 13.2 Å². The number of alkyl halides is 3. The molecular formula is C24H24F3NO. The van der Waals surface area contributed by atoms with E-state index in [1.165, 1.54) is 30.4 Å². The van der Waals surface area contributed by atoms with Crippen LogP contribution in [-0.4, -0.2) is 12.1 Å². The standard InChI is InChI=1S/C24H24F3NO/c25-24(26,27)21(29)28-20-8-6-19(7-9-20)23-13-16-10-17(14-23)12-22(11-16,15-23)18-4-2-1-3-5-18/h1-9,16-17H,10-15H2,(H,28,29). The highest BCUT2D eigenvalue weighted by molar-refractivity contribution is 5.94. The van der Waals surface area contributed by atoms with E-state index in [1.807, 2.05) is 17.4 Å². The van der Waals surface area contributed by atoms with Crippen molar-refractivity contribution in [3.05, 3.63) is 65.7 Å². The summed E-state index contributed by atoms with van der Waals surface area (Å²) in [6.45, 7) is 0. The zero-order valence-corrected chi connectivity index (χ0v) is 16.1. The van der Waals surface area contributed by atoms with Crippen molar-refractivity contribution >= 4 is 11.6 Å². The van der Waals surface area contributed by atoms with Gasteiger partial charge in [-0.3, -0.25) is 4.79 Å². The van der Waals surface area contributed by atoms with Gasteiger partial charge in [0.05, 0.1) is 0 Å². The summed E-state index contributed by atoms with van der Waals surface area (Å²) in [7, 11) is 0. The van der Waals surface area contributed by atoms with Crippen LogP contribution in [0.15, 0.2) is 54.6 Å². The molecule has 4 bridgehead atoms. The van der Waals surface area contributed by atoms with Crippen molar-refractivity contribution in [2.75, 3.05) is 5.32 Å². The number of amides is 1. The molecule has 6 rings (SSSR count). The Morgan fingerprint density at radius 3 is 1.86 bits per heavy atom. The minimum Gasteiger partial charge on any atom is -0.318 e. The molecular weight excluding hydrogens is 375 g/mol. The number of rotatable bonds is 3. The fourth-order valence-corrected chi connectivity index (χ4v) is 6.84. The van der Waals surface area contributed by atoms with Gasteiger partial charge in [-0.15, -0.1) is 0 Å². The van der Waals surface area contributed by atoms with Crippen molar-refractivity contribution in [3.8, 4) is 0 Å². The first-order valence-electron chi connectivity index (χ1n) is 10.3. The van der Waals surface area contributed by atoms with Crippen molar-refractivity contribution < 1.29 is 18.0 Å². The monoisotopic (exact) mass is 399 g/mol. The quantitative estimate of drug-likeness (QED) is 0.676. The molecule has 152 valence electrons. The number of hydrogen-bond acceptors (Lipinski definition) is 1. The Balaban J connectivity index is 1.44. The summed E-state index contributed by atoms with van der Waals surface area (Å²) in [6, 6.07) is 17.9. The third kappa shape index (κ3) is 3.15. The number of hydrogen-bond donors (Lipinski definition) is 1. The third-order valence-electron chi connectivity index (χ3n) is 7.46. The van der Waals surface area contributed by atoms with Crippen LogP contribution in [0, 0.1) is 11.8 Å². The number of nitrogens with one attached hydrogen (secondary N) is 1. The van der Waals surface area contributed by atoms with Gasteiger partial charge in [0.25, 0.3) is 0 Å². The maximum Gasteiger partial charge on any atom is 0.471 e. The minimum atomic E-state index is -4.87. The van der Waals surface area contributed by atoms with Gasteiger partial charge in [0.15, 0.2) is 0 Å². The lowest BCUT2D eigenvalue weighted by molar-refractivity contribution is -0.167. The van der Waals surface area contributed by atoms with E-state index in [9.17, 15) is 18.0 Å². The topological polar surface area (TPSA) is 29.1 Å². The summed E-state index contributed by atoms with van der Waals surface area (Å²) in [6.07, 6.45) is 2.34. The van der Waals surface area contributed by atoms with Gasteiger partial charge in [0, 0.05) is 5.69 Å². The number of carbonyl (C=O) groups excluding carboxylic acids is 1. The second-order valence-electron chi connectivity index (χ2n) is 9.42. The van der Waals surface area contributed by atoms with Crippen LogP contribution in [0.3, 0.4) is 0 Å². The lowest BCUT2D eigenvalue weighted by Gasteiger charge is -2.62. The van der Waals surface area contributed by atoms with Crippen LogP contribution in [0.1, 0.15) is 49.7 Å². The molecule has 29 heavy (non-hydrogen) atoms. The molecule has 4 aliphatic rings. The van der Waals surface area contributed by atoms with Crippen LogP contribution < -0.4 is 5.32 Å². The predicted molar refractivity (Wildman–Crippen MR) is 106 cm³/mol. The smallest absolute Gasteiger partial charge is 0.318 e. The summed E-state index contributed by atoms with van der Waals surface area (Å²) in [5.41, 5.74) is 3.14. The SMILES string of the molecule is O=C(Nc1ccc(C23CC4CC(CC(c5ccccc5)(C4)C2)C3)cc1)C(F)(F)F. The summed E-state index contributed by atoms with van der Waals surface area (Å²) < 4.78 is 37.5. The second kappa shape index (κ2) is 6.35. The number of anilines is 1. The molecule has 0 heterocycles. The molecule has 2 nitrogen and oxygen atoms in total. The largest absolute Gasteiger partial charge is 0.471 e. The summed E-state index contributed by atoms with van der Waals surface area (Å²) in [4.78, 5) is 11.2. The molecule has 2 aromatic carbocycles. The highest BCUT2D eigenvalue weighted by Gasteiger charge is 2.58. The third-order valence-corrected chi connectivity index (χ3v) is 7.46. The van der Waals surface area contributed by atoms with E-state index in [4.69, 9.17) is 0 Å². The van der Waals surface area contributed by atoms with Gasteiger partial charge in [0.2, 0.25) is 0 Å². The predicted octanol–water partition coefficient (Wildman–Crippen LogP) is 5.98. The van der Waals surface area contributed by atoms with E-state index in [-0.39, 0.29) is 16.5 Å². The molecule has 1 N–H and O–H groups in total. The molecule has 0 radical (unpaired) electrons. The first-order chi connectivity index (χ1) is 13.8. The molecule has 2 aromatic rings. The van der Waals surface area contributed by atoms with E-state index in [1.54, 1.807) is 12.1 Å². The van der Waals surface area contributed by atoms with E-state index in [0.29, 0.717) is 11.8 Å². The van der Waals surface area contributed by atoms with Crippen molar-refractivity contribution in [1.29, 1.82) is 0 Å². The van der Waals surface area contributed by atoms with Gasteiger partial charge < -0.3 is 5.32 Å². The fraction of sp³-hybridized carbons (Fsp3) is 0.458. The zero-order valence-electron chi connectivity index (χ0n) is 16.1. The highest BCUT2D eigenvalue weighted by atomic mass is 19.4. The number of carbonyl (C=O) groups is 1. The summed E-state index contributed by atoms with van der Waals surface area (Å²) in [5.74, 6) is -0.509.